The minimum absolute atomic E-state index is 0.0470. The van der Waals surface area contributed by atoms with Crippen LogP contribution in [0.4, 0.5) is 10.1 Å². The SMILES string of the molecule is Cc1cc([N+]2=NC3=C4C=CC(O)=CC4CC[C@@H]3[C@@H]2c2ccc(F)cc2)ccc1C#N. The number of aliphatic hydroxyl groups is 1. The number of aryl methyl sites for hydroxylation is 1. The number of fused-ring (bicyclic) bond motifs is 2. The molecule has 0 spiro atoms. The summed E-state index contributed by atoms with van der Waals surface area (Å²) in [5.41, 5.74) is 5.65. The third kappa shape index (κ3) is 2.96. The van der Waals surface area contributed by atoms with Crippen LogP contribution in [0.2, 0.25) is 0 Å². The lowest BCUT2D eigenvalue weighted by Gasteiger charge is -2.27. The fraction of sp³-hybridized carbons (Fsp3) is 0.240. The number of azo groups is 2. The molecule has 2 aromatic rings. The lowest BCUT2D eigenvalue weighted by atomic mass is 9.74. The van der Waals surface area contributed by atoms with Gasteiger partial charge in [0.2, 0.25) is 11.7 Å². The molecular weight excluding hydrogens is 377 g/mol. The van der Waals surface area contributed by atoms with Gasteiger partial charge < -0.3 is 5.11 Å². The molecule has 5 heteroatoms. The minimum Gasteiger partial charge on any atom is -0.508 e. The fourth-order valence-electron chi connectivity index (χ4n) is 4.83. The Morgan fingerprint density at radius 1 is 1.13 bits per heavy atom. The highest BCUT2D eigenvalue weighted by Crippen LogP contribution is 2.50. The summed E-state index contributed by atoms with van der Waals surface area (Å²) >= 11 is 0. The Labute approximate surface area is 174 Å². The first-order chi connectivity index (χ1) is 14.5. The first-order valence-corrected chi connectivity index (χ1v) is 10.1. The molecule has 0 saturated carbocycles. The van der Waals surface area contributed by atoms with Crippen molar-refractivity contribution in [3.8, 4) is 6.07 Å². The van der Waals surface area contributed by atoms with E-state index in [0.717, 1.165) is 40.9 Å². The van der Waals surface area contributed by atoms with Crippen LogP contribution >= 0.6 is 0 Å². The van der Waals surface area contributed by atoms with E-state index in [1.54, 1.807) is 6.08 Å². The van der Waals surface area contributed by atoms with E-state index < -0.39 is 0 Å². The topological polar surface area (TPSA) is 59.4 Å². The second-order valence-corrected chi connectivity index (χ2v) is 8.11. The number of allylic oxidation sites excluding steroid dienone is 4. The van der Waals surface area contributed by atoms with Crippen molar-refractivity contribution < 1.29 is 14.2 Å². The van der Waals surface area contributed by atoms with Crippen molar-refractivity contribution in [2.45, 2.75) is 25.8 Å². The maximum absolute atomic E-state index is 13.6. The summed E-state index contributed by atoms with van der Waals surface area (Å²) < 4.78 is 15.6. The molecule has 1 heterocycles. The van der Waals surface area contributed by atoms with E-state index in [0.29, 0.717) is 11.3 Å². The fourth-order valence-corrected chi connectivity index (χ4v) is 4.83. The van der Waals surface area contributed by atoms with Gasteiger partial charge in [0, 0.05) is 23.6 Å². The summed E-state index contributed by atoms with van der Waals surface area (Å²) in [6.07, 6.45) is 7.46. The summed E-state index contributed by atoms with van der Waals surface area (Å²) in [4.78, 5) is 0. The molecule has 0 aromatic heterocycles. The van der Waals surface area contributed by atoms with E-state index in [2.05, 4.69) is 6.07 Å². The number of nitriles is 1. The van der Waals surface area contributed by atoms with Crippen molar-refractivity contribution in [3.63, 3.8) is 0 Å². The van der Waals surface area contributed by atoms with Crippen LogP contribution in [0.25, 0.3) is 0 Å². The second-order valence-electron chi connectivity index (χ2n) is 8.11. The van der Waals surface area contributed by atoms with Gasteiger partial charge >= 0.3 is 0 Å². The molecule has 1 aliphatic heterocycles. The summed E-state index contributed by atoms with van der Waals surface area (Å²) in [5.74, 6) is 0.389. The zero-order chi connectivity index (χ0) is 20.8. The molecule has 1 unspecified atom stereocenters. The molecule has 0 radical (unpaired) electrons. The lowest BCUT2D eigenvalue weighted by Crippen LogP contribution is -2.23. The Balaban J connectivity index is 1.67. The molecule has 0 amide bonds. The predicted octanol–water partition coefficient (Wildman–Crippen LogP) is 6.15. The smallest absolute Gasteiger partial charge is 0.233 e. The van der Waals surface area contributed by atoms with E-state index in [4.69, 9.17) is 5.11 Å². The van der Waals surface area contributed by atoms with E-state index in [1.165, 1.54) is 12.1 Å². The lowest BCUT2D eigenvalue weighted by molar-refractivity contribution is -0.548. The van der Waals surface area contributed by atoms with E-state index >= 15 is 0 Å². The van der Waals surface area contributed by atoms with E-state index in [1.807, 2.05) is 54.1 Å². The Kier molecular flexibility index (Phi) is 4.36. The highest BCUT2D eigenvalue weighted by molar-refractivity contribution is 5.46. The van der Waals surface area contributed by atoms with Crippen LogP contribution in [-0.2, 0) is 0 Å². The van der Waals surface area contributed by atoms with E-state index in [9.17, 15) is 14.8 Å². The number of hydrogen-bond donors (Lipinski definition) is 1. The van der Waals surface area contributed by atoms with Gasteiger partial charge in [-0.1, -0.05) is 10.8 Å². The molecule has 0 bridgehead atoms. The number of benzene rings is 2. The Morgan fingerprint density at radius 3 is 2.67 bits per heavy atom. The Bertz CT molecular complexity index is 1200. The quantitative estimate of drug-likeness (QED) is 0.617. The normalized spacial score (nSPS) is 24.6. The highest BCUT2D eigenvalue weighted by Gasteiger charge is 2.48. The van der Waals surface area contributed by atoms with Crippen LogP contribution in [0, 0.1) is 35.9 Å². The standard InChI is InChI=1S/C25H20FN3O/c1-15-12-20(8-4-18(15)14-27)29-25(16-2-6-19(26)7-3-16)23-10-5-17-13-21(30)9-11-22(17)24(23)28-29/h2-4,6-9,11-13,17,23,25H,5,10H2,1H3/p+1/t17?,23-,25-/m0/s1. The van der Waals surface area contributed by atoms with Crippen LogP contribution < -0.4 is 0 Å². The molecule has 4 nitrogen and oxygen atoms in total. The molecule has 3 atom stereocenters. The van der Waals surface area contributed by atoms with Crippen molar-refractivity contribution >= 4 is 5.69 Å². The summed E-state index contributed by atoms with van der Waals surface area (Å²) in [6.45, 7) is 1.92. The number of hydrogen-bond acceptors (Lipinski definition) is 3. The minimum atomic E-state index is -0.257. The first-order valence-electron chi connectivity index (χ1n) is 10.1. The predicted molar refractivity (Wildman–Crippen MR) is 110 cm³/mol. The maximum atomic E-state index is 13.6. The third-order valence-corrected chi connectivity index (χ3v) is 6.31. The van der Waals surface area contributed by atoms with Crippen LogP contribution in [0.15, 0.2) is 82.8 Å². The maximum Gasteiger partial charge on any atom is 0.233 e. The Hall–Kier alpha value is -3.52. The van der Waals surface area contributed by atoms with Gasteiger partial charge in [0.1, 0.15) is 17.3 Å². The van der Waals surface area contributed by atoms with Gasteiger partial charge in [-0.25, -0.2) is 4.39 Å². The number of rotatable bonds is 2. The zero-order valence-electron chi connectivity index (χ0n) is 16.6. The molecule has 2 aromatic carbocycles. The van der Waals surface area contributed by atoms with Gasteiger partial charge in [-0.15, -0.1) is 0 Å². The molecule has 148 valence electrons. The zero-order valence-corrected chi connectivity index (χ0v) is 16.6. The molecular formula is C25H21FN3O+. The van der Waals surface area contributed by atoms with Crippen LogP contribution in [-0.4, -0.2) is 9.80 Å². The third-order valence-electron chi connectivity index (χ3n) is 6.31. The number of aliphatic hydroxyl groups excluding tert-OH is 1. The largest absolute Gasteiger partial charge is 0.508 e. The van der Waals surface area contributed by atoms with Gasteiger partial charge in [-0.2, -0.15) is 5.26 Å². The van der Waals surface area contributed by atoms with Gasteiger partial charge in [-0.05, 0) is 78.5 Å². The summed E-state index contributed by atoms with van der Waals surface area (Å²) in [5, 5.41) is 24.2. The van der Waals surface area contributed by atoms with Crippen molar-refractivity contribution in [3.05, 3.63) is 100 Å². The summed E-state index contributed by atoms with van der Waals surface area (Å²) in [7, 11) is 0. The van der Waals surface area contributed by atoms with Crippen LogP contribution in [0.5, 0.6) is 0 Å². The number of nitrogens with zero attached hydrogens (tertiary/aromatic N) is 3. The summed E-state index contributed by atoms with van der Waals surface area (Å²) in [6, 6.07) is 14.6. The molecule has 5 rings (SSSR count). The molecule has 0 fully saturated rings. The molecule has 2 aliphatic carbocycles. The first kappa shape index (κ1) is 18.5. The van der Waals surface area contributed by atoms with Gasteiger partial charge in [0.25, 0.3) is 0 Å². The van der Waals surface area contributed by atoms with Crippen LogP contribution in [0.1, 0.15) is 35.6 Å². The average molecular weight is 398 g/mol. The monoisotopic (exact) mass is 398 g/mol. The average Bonchev–Trinajstić information content (AvgIpc) is 3.14. The van der Waals surface area contributed by atoms with Gasteiger partial charge in [-0.3, -0.25) is 0 Å². The van der Waals surface area contributed by atoms with Crippen molar-refractivity contribution in [1.29, 1.82) is 5.26 Å². The van der Waals surface area contributed by atoms with Crippen LogP contribution in [0.3, 0.4) is 0 Å². The molecule has 0 saturated heterocycles. The van der Waals surface area contributed by atoms with E-state index in [-0.39, 0.29) is 23.7 Å². The molecule has 1 N–H and O–H groups in total. The number of halogens is 1. The Morgan fingerprint density at radius 2 is 1.93 bits per heavy atom. The highest BCUT2D eigenvalue weighted by atomic mass is 19.1. The van der Waals surface area contributed by atoms with Crippen molar-refractivity contribution in [2.75, 3.05) is 0 Å². The molecule has 30 heavy (non-hydrogen) atoms. The van der Waals surface area contributed by atoms with Gasteiger partial charge in [0.15, 0.2) is 0 Å². The second kappa shape index (κ2) is 7.07. The molecule has 3 aliphatic rings. The van der Waals surface area contributed by atoms with Crippen molar-refractivity contribution in [1.82, 2.24) is 0 Å². The van der Waals surface area contributed by atoms with Crippen molar-refractivity contribution in [2.24, 2.45) is 17.0 Å². The van der Waals surface area contributed by atoms with Gasteiger partial charge in [0.05, 0.1) is 17.6 Å².